The van der Waals surface area contributed by atoms with Crippen LogP contribution in [0.1, 0.15) is 19.8 Å². The molecule has 0 aromatic carbocycles. The van der Waals surface area contributed by atoms with Gasteiger partial charge in [0.2, 0.25) is 23.6 Å². The Bertz CT molecular complexity index is 525. The fourth-order valence-corrected chi connectivity index (χ4v) is 1.58. The lowest BCUT2D eigenvalue weighted by molar-refractivity contribution is -0.142. The molecule has 0 aromatic heterocycles. The van der Waals surface area contributed by atoms with Crippen LogP contribution in [0.5, 0.6) is 0 Å². The second-order valence-electron chi connectivity index (χ2n) is 5.20. The number of carbonyl (C=O) groups excluding carboxylic acids is 4. The van der Waals surface area contributed by atoms with Crippen molar-refractivity contribution < 1.29 is 34.2 Å². The van der Waals surface area contributed by atoms with E-state index in [1.807, 2.05) is 0 Å². The highest BCUT2D eigenvalue weighted by molar-refractivity contribution is 5.92. The number of carboxylic acid groups (broad SMARTS) is 1. The van der Waals surface area contributed by atoms with Crippen LogP contribution in [0.25, 0.3) is 0 Å². The predicted octanol–water partition coefficient (Wildman–Crippen LogP) is -4.24. The van der Waals surface area contributed by atoms with Crippen molar-refractivity contribution in [2.75, 3.05) is 13.2 Å². The molecule has 0 aliphatic rings. The van der Waals surface area contributed by atoms with Gasteiger partial charge >= 0.3 is 5.97 Å². The number of aliphatic carboxylic acids is 1. The first-order chi connectivity index (χ1) is 11.6. The molecule has 12 nitrogen and oxygen atoms in total. The number of nitrogens with one attached hydrogen (secondary N) is 3. The van der Waals surface area contributed by atoms with Crippen molar-refractivity contribution in [2.45, 2.75) is 37.9 Å². The molecule has 0 aromatic rings. The Morgan fingerprint density at radius 1 is 1.08 bits per heavy atom. The summed E-state index contributed by atoms with van der Waals surface area (Å²) in [5.74, 6) is -4.31. The summed E-state index contributed by atoms with van der Waals surface area (Å²) in [5.41, 5.74) is 10.2. The highest BCUT2D eigenvalue weighted by atomic mass is 16.4. The number of rotatable bonds is 11. The number of aliphatic hydroxyl groups is 1. The summed E-state index contributed by atoms with van der Waals surface area (Å²) in [6.45, 7) is 0.206. The van der Waals surface area contributed by atoms with Crippen molar-refractivity contribution in [1.29, 1.82) is 0 Å². The van der Waals surface area contributed by atoms with Crippen LogP contribution in [0.15, 0.2) is 0 Å². The summed E-state index contributed by atoms with van der Waals surface area (Å²) in [7, 11) is 0. The molecule has 12 heteroatoms. The van der Waals surface area contributed by atoms with Gasteiger partial charge in [-0.3, -0.25) is 19.2 Å². The number of hydrogen-bond donors (Lipinski definition) is 7. The van der Waals surface area contributed by atoms with Gasteiger partial charge in [-0.2, -0.15) is 0 Å². The molecule has 0 heterocycles. The monoisotopic (exact) mass is 361 g/mol. The summed E-state index contributed by atoms with van der Waals surface area (Å²) in [4.78, 5) is 56.5. The van der Waals surface area contributed by atoms with E-state index in [-0.39, 0.29) is 12.8 Å². The minimum Gasteiger partial charge on any atom is -0.480 e. The molecule has 0 bridgehead atoms. The van der Waals surface area contributed by atoms with E-state index in [0.717, 1.165) is 0 Å². The standard InChI is InChI=1S/C13H23N5O7/c1-6(17-12(23)7(14)5-19)11(22)16-4-10(21)18-8(13(24)25)2-3-9(15)20/h6-8,19H,2-5,14H2,1H3,(H2,15,20)(H,16,22)(H,17,23)(H,18,21)(H,24,25). The summed E-state index contributed by atoms with van der Waals surface area (Å²) in [6.07, 6.45) is -0.409. The zero-order chi connectivity index (χ0) is 19.6. The Morgan fingerprint density at radius 2 is 1.68 bits per heavy atom. The average molecular weight is 361 g/mol. The first-order valence-corrected chi connectivity index (χ1v) is 7.33. The summed E-state index contributed by atoms with van der Waals surface area (Å²) in [6, 6.07) is -3.53. The minimum absolute atomic E-state index is 0.185. The molecule has 0 radical (unpaired) electrons. The molecule has 9 N–H and O–H groups in total. The molecular weight excluding hydrogens is 338 g/mol. The molecule has 0 saturated heterocycles. The first kappa shape index (κ1) is 22.3. The van der Waals surface area contributed by atoms with Crippen molar-refractivity contribution >= 4 is 29.6 Å². The largest absolute Gasteiger partial charge is 0.480 e. The second-order valence-corrected chi connectivity index (χ2v) is 5.20. The van der Waals surface area contributed by atoms with Gasteiger partial charge in [0.15, 0.2) is 0 Å². The van der Waals surface area contributed by atoms with Gasteiger partial charge in [0.25, 0.3) is 0 Å². The van der Waals surface area contributed by atoms with E-state index >= 15 is 0 Å². The van der Waals surface area contributed by atoms with Crippen molar-refractivity contribution in [3.05, 3.63) is 0 Å². The number of amides is 4. The molecule has 0 rings (SSSR count). The number of carboxylic acids is 1. The van der Waals surface area contributed by atoms with Crippen LogP contribution in [-0.2, 0) is 24.0 Å². The quantitative estimate of drug-likeness (QED) is 0.191. The topological polar surface area (TPSA) is 214 Å². The van der Waals surface area contributed by atoms with E-state index in [9.17, 15) is 24.0 Å². The van der Waals surface area contributed by atoms with Gasteiger partial charge in [-0.15, -0.1) is 0 Å². The van der Waals surface area contributed by atoms with E-state index in [2.05, 4.69) is 16.0 Å². The highest BCUT2D eigenvalue weighted by Gasteiger charge is 2.22. The zero-order valence-corrected chi connectivity index (χ0v) is 13.7. The fourth-order valence-electron chi connectivity index (χ4n) is 1.58. The SMILES string of the molecule is CC(NC(=O)C(N)CO)C(=O)NCC(=O)NC(CCC(N)=O)C(=O)O. The Morgan fingerprint density at radius 3 is 2.16 bits per heavy atom. The lowest BCUT2D eigenvalue weighted by Gasteiger charge is -2.17. The maximum absolute atomic E-state index is 11.7. The van der Waals surface area contributed by atoms with Crippen LogP contribution in [-0.4, -0.2) is 71.1 Å². The van der Waals surface area contributed by atoms with Crippen LogP contribution in [0, 0.1) is 0 Å². The van der Waals surface area contributed by atoms with Gasteiger partial charge in [0, 0.05) is 6.42 Å². The van der Waals surface area contributed by atoms with E-state index in [4.69, 9.17) is 21.7 Å². The number of carbonyl (C=O) groups is 5. The van der Waals surface area contributed by atoms with Crippen LogP contribution >= 0.6 is 0 Å². The Balaban J connectivity index is 4.37. The molecule has 0 fully saturated rings. The maximum Gasteiger partial charge on any atom is 0.326 e. The Labute approximate surface area is 143 Å². The van der Waals surface area contributed by atoms with E-state index < -0.39 is 60.9 Å². The molecule has 142 valence electrons. The number of nitrogens with two attached hydrogens (primary N) is 2. The molecule has 25 heavy (non-hydrogen) atoms. The number of aliphatic hydroxyl groups excluding tert-OH is 1. The lowest BCUT2D eigenvalue weighted by atomic mass is 10.1. The second kappa shape index (κ2) is 10.9. The molecule has 4 amide bonds. The smallest absolute Gasteiger partial charge is 0.326 e. The maximum atomic E-state index is 11.7. The van der Waals surface area contributed by atoms with E-state index in [0.29, 0.717) is 0 Å². The van der Waals surface area contributed by atoms with E-state index in [1.165, 1.54) is 6.92 Å². The van der Waals surface area contributed by atoms with Gasteiger partial charge in [-0.05, 0) is 13.3 Å². The summed E-state index contributed by atoms with van der Waals surface area (Å²) < 4.78 is 0. The molecule has 0 saturated carbocycles. The van der Waals surface area contributed by atoms with Crippen LogP contribution in [0.2, 0.25) is 0 Å². The summed E-state index contributed by atoms with van der Waals surface area (Å²) in [5, 5.41) is 24.2. The van der Waals surface area contributed by atoms with E-state index in [1.54, 1.807) is 0 Å². The molecule has 0 spiro atoms. The third kappa shape index (κ3) is 9.22. The first-order valence-electron chi connectivity index (χ1n) is 7.33. The molecule has 3 atom stereocenters. The minimum atomic E-state index is -1.35. The van der Waals surface area contributed by atoms with Crippen LogP contribution in [0.4, 0.5) is 0 Å². The highest BCUT2D eigenvalue weighted by Crippen LogP contribution is 1.97. The van der Waals surface area contributed by atoms with Crippen molar-refractivity contribution in [3.8, 4) is 0 Å². The van der Waals surface area contributed by atoms with Gasteiger partial charge in [0.1, 0.15) is 18.1 Å². The number of primary amides is 1. The average Bonchev–Trinajstić information content (AvgIpc) is 2.54. The van der Waals surface area contributed by atoms with Crippen molar-refractivity contribution in [2.24, 2.45) is 11.5 Å². The van der Waals surface area contributed by atoms with Gasteiger partial charge in [-0.25, -0.2) is 4.79 Å². The van der Waals surface area contributed by atoms with Gasteiger partial charge < -0.3 is 37.6 Å². The van der Waals surface area contributed by atoms with Gasteiger partial charge in [-0.1, -0.05) is 0 Å². The molecule has 0 aliphatic heterocycles. The third-order valence-electron chi connectivity index (χ3n) is 3.02. The van der Waals surface area contributed by atoms with Crippen molar-refractivity contribution in [3.63, 3.8) is 0 Å². The van der Waals surface area contributed by atoms with Gasteiger partial charge in [0.05, 0.1) is 13.2 Å². The molecular formula is C13H23N5O7. The normalized spacial score (nSPS) is 13.9. The Kier molecular flexibility index (Phi) is 9.74. The molecule has 3 unspecified atom stereocenters. The predicted molar refractivity (Wildman–Crippen MR) is 83.7 cm³/mol. The van der Waals surface area contributed by atoms with Crippen LogP contribution in [0.3, 0.4) is 0 Å². The Hall–Kier alpha value is -2.73. The van der Waals surface area contributed by atoms with Crippen LogP contribution < -0.4 is 27.4 Å². The summed E-state index contributed by atoms with van der Waals surface area (Å²) >= 11 is 0. The fraction of sp³-hybridized carbons (Fsp3) is 0.615. The number of hydrogen-bond acceptors (Lipinski definition) is 7. The zero-order valence-electron chi connectivity index (χ0n) is 13.7. The molecule has 0 aliphatic carbocycles. The van der Waals surface area contributed by atoms with Crippen molar-refractivity contribution in [1.82, 2.24) is 16.0 Å². The third-order valence-corrected chi connectivity index (χ3v) is 3.02. The lowest BCUT2D eigenvalue weighted by Crippen LogP contribution is -2.53.